The van der Waals surface area contributed by atoms with Crippen molar-refractivity contribution in [3.63, 3.8) is 0 Å². The molecule has 27 heavy (non-hydrogen) atoms. The Hall–Kier alpha value is -2.25. The Labute approximate surface area is 165 Å². The fourth-order valence-electron chi connectivity index (χ4n) is 2.73. The predicted octanol–water partition coefficient (Wildman–Crippen LogP) is 3.13. The SMILES string of the molecule is COc1ccc(C)cc1N([C@@H](C)C(=O)NCc1ccccc1Cl)S(C)(=O)=O. The summed E-state index contributed by atoms with van der Waals surface area (Å²) in [7, 11) is -2.28. The number of sulfonamides is 1. The van der Waals surface area contributed by atoms with Gasteiger partial charge in [0.25, 0.3) is 0 Å². The third kappa shape index (κ3) is 5.14. The molecular formula is C19H23ClN2O4S. The summed E-state index contributed by atoms with van der Waals surface area (Å²) in [6, 6.07) is 11.3. The number of nitrogens with zero attached hydrogens (tertiary/aromatic N) is 1. The molecule has 8 heteroatoms. The van der Waals surface area contributed by atoms with Crippen molar-refractivity contribution in [2.45, 2.75) is 26.4 Å². The maximum absolute atomic E-state index is 12.7. The fraction of sp³-hybridized carbons (Fsp3) is 0.316. The van der Waals surface area contributed by atoms with Crippen LogP contribution < -0.4 is 14.4 Å². The van der Waals surface area contributed by atoms with E-state index in [1.807, 2.05) is 19.1 Å². The molecule has 0 saturated carbocycles. The van der Waals surface area contributed by atoms with Crippen molar-refractivity contribution in [1.82, 2.24) is 5.32 Å². The van der Waals surface area contributed by atoms with Gasteiger partial charge in [-0.3, -0.25) is 9.10 Å². The van der Waals surface area contributed by atoms with Gasteiger partial charge < -0.3 is 10.1 Å². The Kier molecular flexibility index (Phi) is 6.73. The monoisotopic (exact) mass is 410 g/mol. The number of methoxy groups -OCH3 is 1. The number of carbonyl (C=O) groups excluding carboxylic acids is 1. The Bertz CT molecular complexity index is 931. The van der Waals surface area contributed by atoms with Crippen molar-refractivity contribution < 1.29 is 17.9 Å². The topological polar surface area (TPSA) is 75.7 Å². The average Bonchev–Trinajstić information content (AvgIpc) is 2.60. The Morgan fingerprint density at radius 2 is 1.93 bits per heavy atom. The molecule has 0 aliphatic heterocycles. The van der Waals surface area contributed by atoms with Crippen LogP contribution >= 0.6 is 11.6 Å². The number of ether oxygens (including phenoxy) is 1. The molecule has 6 nitrogen and oxygen atoms in total. The molecule has 2 aromatic rings. The van der Waals surface area contributed by atoms with Crippen molar-refractivity contribution in [1.29, 1.82) is 0 Å². The minimum atomic E-state index is -3.74. The van der Waals surface area contributed by atoms with Gasteiger partial charge in [0.05, 0.1) is 19.1 Å². The fourth-order valence-corrected chi connectivity index (χ4v) is 4.10. The van der Waals surface area contributed by atoms with Gasteiger partial charge in [0.2, 0.25) is 15.9 Å². The highest BCUT2D eigenvalue weighted by Gasteiger charge is 2.31. The first-order chi connectivity index (χ1) is 12.6. The van der Waals surface area contributed by atoms with E-state index in [1.54, 1.807) is 30.3 Å². The van der Waals surface area contributed by atoms with Gasteiger partial charge in [-0.05, 0) is 43.2 Å². The minimum Gasteiger partial charge on any atom is -0.495 e. The molecule has 2 aromatic carbocycles. The normalized spacial score (nSPS) is 12.3. The summed E-state index contributed by atoms with van der Waals surface area (Å²) in [4.78, 5) is 12.7. The maximum Gasteiger partial charge on any atom is 0.243 e. The van der Waals surface area contributed by atoms with Crippen LogP contribution in [-0.2, 0) is 21.4 Å². The first-order valence-corrected chi connectivity index (χ1v) is 10.5. The first kappa shape index (κ1) is 21.1. The summed E-state index contributed by atoms with van der Waals surface area (Å²) in [5.41, 5.74) is 1.92. The van der Waals surface area contributed by atoms with Crippen LogP contribution in [0.1, 0.15) is 18.1 Å². The van der Waals surface area contributed by atoms with Gasteiger partial charge in [0.15, 0.2) is 0 Å². The number of rotatable bonds is 7. The van der Waals surface area contributed by atoms with Crippen molar-refractivity contribution in [2.24, 2.45) is 0 Å². The van der Waals surface area contributed by atoms with E-state index in [4.69, 9.17) is 16.3 Å². The summed E-state index contributed by atoms with van der Waals surface area (Å²) in [6.07, 6.45) is 1.06. The quantitative estimate of drug-likeness (QED) is 0.760. The van der Waals surface area contributed by atoms with Crippen molar-refractivity contribution >= 4 is 33.2 Å². The molecule has 2 rings (SSSR count). The molecule has 0 unspecified atom stereocenters. The summed E-state index contributed by atoms with van der Waals surface area (Å²) in [5.74, 6) is -0.0688. The number of aryl methyl sites for hydroxylation is 1. The zero-order valence-corrected chi connectivity index (χ0v) is 17.3. The zero-order valence-electron chi connectivity index (χ0n) is 15.7. The number of halogens is 1. The molecule has 0 aliphatic rings. The Morgan fingerprint density at radius 3 is 2.52 bits per heavy atom. The van der Waals surface area contributed by atoms with Gasteiger partial charge in [0.1, 0.15) is 11.8 Å². The van der Waals surface area contributed by atoms with Gasteiger partial charge in [0, 0.05) is 11.6 Å². The number of nitrogens with one attached hydrogen (secondary N) is 1. The molecule has 0 aromatic heterocycles. The molecule has 0 bridgehead atoms. The molecular weight excluding hydrogens is 388 g/mol. The van der Waals surface area contributed by atoms with Crippen LogP contribution in [0.15, 0.2) is 42.5 Å². The van der Waals surface area contributed by atoms with E-state index in [0.717, 1.165) is 21.7 Å². The second-order valence-corrected chi connectivity index (χ2v) is 8.49. The van der Waals surface area contributed by atoms with E-state index in [-0.39, 0.29) is 6.54 Å². The molecule has 1 amide bonds. The summed E-state index contributed by atoms with van der Waals surface area (Å²) in [6.45, 7) is 3.57. The molecule has 146 valence electrons. The summed E-state index contributed by atoms with van der Waals surface area (Å²) in [5, 5.41) is 3.28. The van der Waals surface area contributed by atoms with Crippen LogP contribution in [0.4, 0.5) is 5.69 Å². The number of hydrogen-bond acceptors (Lipinski definition) is 4. The van der Waals surface area contributed by atoms with E-state index < -0.39 is 22.0 Å². The van der Waals surface area contributed by atoms with Crippen molar-refractivity contribution in [3.8, 4) is 5.75 Å². The number of amides is 1. The van der Waals surface area contributed by atoms with Crippen LogP contribution in [0, 0.1) is 6.92 Å². The van der Waals surface area contributed by atoms with Gasteiger partial charge in [-0.15, -0.1) is 0 Å². The lowest BCUT2D eigenvalue weighted by Gasteiger charge is -2.29. The number of carbonyl (C=O) groups is 1. The van der Waals surface area contributed by atoms with E-state index >= 15 is 0 Å². The highest BCUT2D eigenvalue weighted by molar-refractivity contribution is 7.92. The lowest BCUT2D eigenvalue weighted by Crippen LogP contribution is -2.47. The van der Waals surface area contributed by atoms with Crippen LogP contribution in [-0.4, -0.2) is 33.7 Å². The van der Waals surface area contributed by atoms with E-state index in [9.17, 15) is 13.2 Å². The van der Waals surface area contributed by atoms with Crippen LogP contribution in [0.3, 0.4) is 0 Å². The summed E-state index contributed by atoms with van der Waals surface area (Å²) >= 11 is 6.10. The highest BCUT2D eigenvalue weighted by Crippen LogP contribution is 2.32. The second-order valence-electron chi connectivity index (χ2n) is 6.22. The van der Waals surface area contributed by atoms with Gasteiger partial charge in [-0.25, -0.2) is 8.42 Å². The van der Waals surface area contributed by atoms with E-state index in [1.165, 1.54) is 14.0 Å². The molecule has 0 heterocycles. The standard InChI is InChI=1S/C19H23ClN2O4S/c1-13-9-10-18(26-3)17(11-13)22(27(4,24)25)14(2)19(23)21-12-15-7-5-6-8-16(15)20/h5-11,14H,12H2,1-4H3,(H,21,23)/t14-/m0/s1. The lowest BCUT2D eigenvalue weighted by atomic mass is 10.1. The lowest BCUT2D eigenvalue weighted by molar-refractivity contribution is -0.122. The van der Waals surface area contributed by atoms with Crippen LogP contribution in [0.2, 0.25) is 5.02 Å². The molecule has 1 N–H and O–H groups in total. The molecule has 1 atom stereocenters. The van der Waals surface area contributed by atoms with Gasteiger partial charge in [-0.2, -0.15) is 0 Å². The zero-order chi connectivity index (χ0) is 20.2. The van der Waals surface area contributed by atoms with Gasteiger partial charge in [-0.1, -0.05) is 35.9 Å². The minimum absolute atomic E-state index is 0.200. The molecule has 0 radical (unpaired) electrons. The van der Waals surface area contributed by atoms with E-state index in [2.05, 4.69) is 5.32 Å². The maximum atomic E-state index is 12.7. The predicted molar refractivity (Wildman–Crippen MR) is 108 cm³/mol. The Morgan fingerprint density at radius 1 is 1.26 bits per heavy atom. The van der Waals surface area contributed by atoms with Crippen molar-refractivity contribution in [2.75, 3.05) is 17.7 Å². The van der Waals surface area contributed by atoms with Gasteiger partial charge >= 0.3 is 0 Å². The van der Waals surface area contributed by atoms with E-state index in [0.29, 0.717) is 16.5 Å². The molecule has 0 saturated heterocycles. The first-order valence-electron chi connectivity index (χ1n) is 8.30. The third-order valence-electron chi connectivity index (χ3n) is 4.07. The molecule has 0 fully saturated rings. The van der Waals surface area contributed by atoms with Crippen molar-refractivity contribution in [3.05, 3.63) is 58.6 Å². The highest BCUT2D eigenvalue weighted by atomic mass is 35.5. The largest absolute Gasteiger partial charge is 0.495 e. The summed E-state index contributed by atoms with van der Waals surface area (Å²) < 4.78 is 31.3. The van der Waals surface area contributed by atoms with Crippen LogP contribution in [0.25, 0.3) is 0 Å². The number of hydrogen-bond donors (Lipinski definition) is 1. The molecule has 0 aliphatic carbocycles. The Balaban J connectivity index is 2.30. The van der Waals surface area contributed by atoms with Crippen LogP contribution in [0.5, 0.6) is 5.75 Å². The second kappa shape index (κ2) is 8.63. The number of benzene rings is 2. The molecule has 0 spiro atoms. The average molecular weight is 411 g/mol. The smallest absolute Gasteiger partial charge is 0.243 e. The number of anilines is 1. The third-order valence-corrected chi connectivity index (χ3v) is 5.67.